The highest BCUT2D eigenvalue weighted by Crippen LogP contribution is 2.31. The molecule has 0 bridgehead atoms. The van der Waals surface area contributed by atoms with Crippen LogP contribution in [0.1, 0.15) is 84.5 Å². The van der Waals surface area contributed by atoms with E-state index in [0.29, 0.717) is 12.3 Å². The molecule has 0 aromatic carbocycles. The van der Waals surface area contributed by atoms with Crippen molar-refractivity contribution in [2.75, 3.05) is 21.3 Å². The van der Waals surface area contributed by atoms with Crippen molar-refractivity contribution in [1.29, 1.82) is 0 Å². The largest absolute Gasteiger partial charge is 0.480 e. The Morgan fingerprint density at radius 2 is 1.42 bits per heavy atom. The molecule has 0 aliphatic carbocycles. The lowest BCUT2D eigenvalue weighted by molar-refractivity contribution is -0.355. The van der Waals surface area contributed by atoms with Crippen LogP contribution >= 0.6 is 15.9 Å². The minimum absolute atomic E-state index is 0.473. The minimum atomic E-state index is -0.894. The Morgan fingerprint density at radius 3 is 1.85 bits per heavy atom. The summed E-state index contributed by atoms with van der Waals surface area (Å²) in [5.74, 6) is -1.19. The zero-order valence-corrected chi connectivity index (χ0v) is 18.9. The molecule has 156 valence electrons. The van der Waals surface area contributed by atoms with Crippen LogP contribution in [0.3, 0.4) is 0 Å². The summed E-state index contributed by atoms with van der Waals surface area (Å²) >= 11 is 3.35. The monoisotopic (exact) mass is 438 g/mol. The summed E-state index contributed by atoms with van der Waals surface area (Å²) in [5, 5.41) is 9.23. The molecule has 5 nitrogen and oxygen atoms in total. The second-order valence-electron chi connectivity index (χ2n) is 7.29. The molecule has 0 rings (SSSR count). The van der Waals surface area contributed by atoms with Gasteiger partial charge in [-0.1, -0.05) is 74.2 Å². The van der Waals surface area contributed by atoms with Gasteiger partial charge in [-0.05, 0) is 25.7 Å². The second-order valence-corrected chi connectivity index (χ2v) is 9.04. The molecule has 0 radical (unpaired) electrons. The van der Waals surface area contributed by atoms with E-state index in [-0.39, 0.29) is 0 Å². The topological polar surface area (TPSA) is 65.0 Å². The maximum Gasteiger partial charge on any atom is 0.320 e. The van der Waals surface area contributed by atoms with Crippen LogP contribution in [0.5, 0.6) is 0 Å². The summed E-state index contributed by atoms with van der Waals surface area (Å²) in [4.78, 5) is 11.2. The van der Waals surface area contributed by atoms with Gasteiger partial charge in [0.25, 0.3) is 5.97 Å². The highest BCUT2D eigenvalue weighted by atomic mass is 79.9. The predicted octanol–water partition coefficient (Wildman–Crippen LogP) is 5.74. The number of carbonyl (C=O) groups is 1. The van der Waals surface area contributed by atoms with Crippen LogP contribution in [0.15, 0.2) is 0 Å². The molecular weight excluding hydrogens is 400 g/mol. The van der Waals surface area contributed by atoms with E-state index < -0.39 is 16.3 Å². The van der Waals surface area contributed by atoms with E-state index in [1.165, 1.54) is 32.1 Å². The van der Waals surface area contributed by atoms with E-state index in [1.807, 2.05) is 0 Å². The van der Waals surface area contributed by atoms with E-state index in [4.69, 9.17) is 14.2 Å². The number of aliphatic carboxylic acids is 1. The number of alkyl halides is 1. The Balaban J connectivity index is 3.76. The first-order valence-electron chi connectivity index (χ1n) is 9.84. The third-order valence-corrected chi connectivity index (χ3v) is 5.89. The van der Waals surface area contributed by atoms with Gasteiger partial charge in [0.05, 0.1) is 0 Å². The van der Waals surface area contributed by atoms with Crippen molar-refractivity contribution in [3.05, 3.63) is 0 Å². The number of halogens is 1. The highest BCUT2D eigenvalue weighted by molar-refractivity contribution is 9.10. The molecule has 0 aromatic rings. The van der Waals surface area contributed by atoms with Gasteiger partial charge in [0.2, 0.25) is 0 Å². The van der Waals surface area contributed by atoms with Crippen LogP contribution in [0.2, 0.25) is 0 Å². The van der Waals surface area contributed by atoms with Crippen molar-refractivity contribution in [1.82, 2.24) is 0 Å². The lowest BCUT2D eigenvalue weighted by atomic mass is 9.89. The standard InChI is InChI=1S/C20H39BrO5/c1-6-17(16-19(2,21)18(22)23)14-12-10-8-7-9-11-13-15-20(24-3,25-4)26-5/h17H,6-16H2,1-5H3,(H,22,23). The van der Waals surface area contributed by atoms with E-state index >= 15 is 0 Å². The summed E-state index contributed by atoms with van der Waals surface area (Å²) in [6, 6.07) is 0. The van der Waals surface area contributed by atoms with E-state index in [9.17, 15) is 9.90 Å². The summed E-state index contributed by atoms with van der Waals surface area (Å²) in [5.41, 5.74) is 0. The van der Waals surface area contributed by atoms with Crippen LogP contribution in [-0.4, -0.2) is 42.7 Å². The zero-order valence-electron chi connectivity index (χ0n) is 17.3. The normalized spacial score (nSPS) is 15.6. The SMILES string of the molecule is CCC(CCCCCCCCCC(OC)(OC)OC)CC(C)(Br)C(=O)O. The number of methoxy groups -OCH3 is 3. The molecule has 0 saturated carbocycles. The lowest BCUT2D eigenvalue weighted by Crippen LogP contribution is -2.35. The minimum Gasteiger partial charge on any atom is -0.480 e. The van der Waals surface area contributed by atoms with Crippen molar-refractivity contribution in [2.24, 2.45) is 5.92 Å². The number of carboxylic acid groups (broad SMARTS) is 1. The molecule has 6 heteroatoms. The van der Waals surface area contributed by atoms with Crippen molar-refractivity contribution in [3.8, 4) is 0 Å². The summed E-state index contributed by atoms with van der Waals surface area (Å²) in [6.07, 6.45) is 11.8. The Kier molecular flexibility index (Phi) is 13.8. The van der Waals surface area contributed by atoms with Crippen molar-refractivity contribution in [2.45, 2.75) is 94.8 Å². The van der Waals surface area contributed by atoms with E-state index in [1.54, 1.807) is 28.3 Å². The second kappa shape index (κ2) is 13.9. The van der Waals surface area contributed by atoms with Crippen molar-refractivity contribution in [3.63, 3.8) is 0 Å². The number of carboxylic acids is 1. The van der Waals surface area contributed by atoms with Gasteiger partial charge in [-0.25, -0.2) is 0 Å². The third-order valence-electron chi connectivity index (χ3n) is 5.22. The molecule has 2 unspecified atom stereocenters. The number of hydrogen-bond donors (Lipinski definition) is 1. The number of rotatable bonds is 17. The fourth-order valence-electron chi connectivity index (χ4n) is 3.29. The van der Waals surface area contributed by atoms with Crippen LogP contribution in [-0.2, 0) is 19.0 Å². The molecule has 0 aliphatic heterocycles. The van der Waals surface area contributed by atoms with E-state index in [0.717, 1.165) is 32.1 Å². The molecule has 0 heterocycles. The van der Waals surface area contributed by atoms with Crippen LogP contribution in [0.25, 0.3) is 0 Å². The molecule has 1 N–H and O–H groups in total. The molecule has 2 atom stereocenters. The fourth-order valence-corrected chi connectivity index (χ4v) is 3.75. The molecule has 26 heavy (non-hydrogen) atoms. The first kappa shape index (κ1) is 25.8. The highest BCUT2D eigenvalue weighted by Gasteiger charge is 2.32. The van der Waals surface area contributed by atoms with Crippen LogP contribution < -0.4 is 0 Å². The van der Waals surface area contributed by atoms with Gasteiger partial charge in [-0.15, -0.1) is 0 Å². The zero-order chi connectivity index (χ0) is 20.1. The molecule has 0 spiro atoms. The average Bonchev–Trinajstić information content (AvgIpc) is 2.62. The van der Waals surface area contributed by atoms with Crippen molar-refractivity contribution >= 4 is 21.9 Å². The smallest absolute Gasteiger partial charge is 0.320 e. The predicted molar refractivity (Wildman–Crippen MR) is 109 cm³/mol. The Morgan fingerprint density at radius 1 is 0.962 bits per heavy atom. The van der Waals surface area contributed by atoms with Crippen molar-refractivity contribution < 1.29 is 24.1 Å². The fraction of sp³-hybridized carbons (Fsp3) is 0.950. The Bertz CT molecular complexity index is 361. The van der Waals surface area contributed by atoms with Gasteiger partial charge >= 0.3 is 5.97 Å². The maximum atomic E-state index is 11.2. The molecular formula is C20H39BrO5. The number of unbranched alkanes of at least 4 members (excludes halogenated alkanes) is 6. The first-order valence-corrected chi connectivity index (χ1v) is 10.6. The van der Waals surface area contributed by atoms with Crippen LogP contribution in [0.4, 0.5) is 0 Å². The molecule has 0 aromatic heterocycles. The summed E-state index contributed by atoms with van der Waals surface area (Å²) in [6.45, 7) is 3.90. The lowest BCUT2D eigenvalue weighted by Gasteiger charge is -2.28. The first-order chi connectivity index (χ1) is 12.3. The van der Waals surface area contributed by atoms with Gasteiger partial charge in [0.15, 0.2) is 0 Å². The van der Waals surface area contributed by atoms with Gasteiger partial charge < -0.3 is 19.3 Å². The Labute approximate surface area is 168 Å². The molecule has 0 fully saturated rings. The molecule has 0 amide bonds. The average molecular weight is 439 g/mol. The maximum absolute atomic E-state index is 11.2. The Hall–Kier alpha value is -0.170. The number of ether oxygens (including phenoxy) is 3. The molecule has 0 aliphatic rings. The third kappa shape index (κ3) is 10.2. The summed E-state index contributed by atoms with van der Waals surface area (Å²) in [7, 11) is 4.81. The summed E-state index contributed by atoms with van der Waals surface area (Å²) < 4.78 is 15.1. The van der Waals surface area contributed by atoms with Gasteiger partial charge in [0, 0.05) is 27.8 Å². The van der Waals surface area contributed by atoms with Gasteiger partial charge in [0.1, 0.15) is 4.32 Å². The van der Waals surface area contributed by atoms with Crippen LogP contribution in [0, 0.1) is 5.92 Å². The van der Waals surface area contributed by atoms with Gasteiger partial charge in [-0.2, -0.15) is 0 Å². The molecule has 0 saturated heterocycles. The van der Waals surface area contributed by atoms with Gasteiger partial charge in [-0.3, -0.25) is 4.79 Å². The van der Waals surface area contributed by atoms with E-state index in [2.05, 4.69) is 22.9 Å². The number of hydrogen-bond acceptors (Lipinski definition) is 4. The quantitative estimate of drug-likeness (QED) is 0.178.